The number of fused-ring (bicyclic) bond motifs is 1. The third kappa shape index (κ3) is 3.36. The fourth-order valence-electron chi connectivity index (χ4n) is 3.69. The summed E-state index contributed by atoms with van der Waals surface area (Å²) in [7, 11) is 0. The molecule has 0 radical (unpaired) electrons. The van der Waals surface area contributed by atoms with Crippen molar-refractivity contribution in [3.05, 3.63) is 36.3 Å². The number of imidazole rings is 1. The zero-order chi connectivity index (χ0) is 16.4. The Bertz CT molecular complexity index is 734. The molecule has 0 unspecified atom stereocenters. The smallest absolute Gasteiger partial charge is 0.234 e. The Morgan fingerprint density at radius 1 is 1.29 bits per heavy atom. The van der Waals surface area contributed by atoms with E-state index in [1.165, 1.54) is 37.9 Å². The van der Waals surface area contributed by atoms with Crippen LogP contribution in [0.1, 0.15) is 37.9 Å². The molecule has 1 N–H and O–H groups in total. The molecular formula is C19H23N3OS. The van der Waals surface area contributed by atoms with E-state index in [4.69, 9.17) is 0 Å². The van der Waals surface area contributed by atoms with Crippen LogP contribution in [0, 0.1) is 0 Å². The van der Waals surface area contributed by atoms with Gasteiger partial charge in [0.15, 0.2) is 0 Å². The first-order valence-corrected chi connectivity index (χ1v) is 9.91. The molecule has 1 aliphatic carbocycles. The summed E-state index contributed by atoms with van der Waals surface area (Å²) in [6.07, 6.45) is 9.35. The number of aromatic nitrogens is 2. The number of nitrogens with zero attached hydrogens (tertiary/aromatic N) is 2. The normalized spacial score (nSPS) is 17.2. The highest BCUT2D eigenvalue weighted by Gasteiger charge is 2.18. The number of aryl methyl sites for hydroxylation is 1. The lowest BCUT2D eigenvalue weighted by molar-refractivity contribution is -0.113. The van der Waals surface area contributed by atoms with Gasteiger partial charge in [0.2, 0.25) is 5.91 Å². The van der Waals surface area contributed by atoms with Crippen LogP contribution < -0.4 is 5.32 Å². The lowest BCUT2D eigenvalue weighted by Gasteiger charge is -2.10. The predicted octanol–water partition coefficient (Wildman–Crippen LogP) is 4.11. The summed E-state index contributed by atoms with van der Waals surface area (Å²) < 4.78 is 2.29. The molecule has 1 aromatic carbocycles. The molecule has 0 saturated heterocycles. The largest absolute Gasteiger partial charge is 0.328 e. The molecule has 126 valence electrons. The zero-order valence-corrected chi connectivity index (χ0v) is 14.6. The Morgan fingerprint density at radius 3 is 3.04 bits per heavy atom. The molecule has 1 amide bonds. The molecule has 24 heavy (non-hydrogen) atoms. The summed E-state index contributed by atoms with van der Waals surface area (Å²) in [5, 5.41) is 3.72. The number of thioether (sulfide) groups is 1. The van der Waals surface area contributed by atoms with Crippen LogP contribution >= 0.6 is 11.8 Å². The third-order valence-corrected chi connectivity index (χ3v) is 6.29. The molecular weight excluding hydrogens is 318 g/mol. The fourth-order valence-corrected chi connectivity index (χ4v) is 4.82. The average Bonchev–Trinajstić information content (AvgIpc) is 3.31. The van der Waals surface area contributed by atoms with Gasteiger partial charge in [-0.3, -0.25) is 4.79 Å². The lowest BCUT2D eigenvalue weighted by Crippen LogP contribution is -2.15. The summed E-state index contributed by atoms with van der Waals surface area (Å²) in [5.74, 6) is 1.83. The van der Waals surface area contributed by atoms with Gasteiger partial charge >= 0.3 is 0 Å². The molecule has 1 saturated carbocycles. The van der Waals surface area contributed by atoms with Crippen molar-refractivity contribution in [3.63, 3.8) is 0 Å². The van der Waals surface area contributed by atoms with Gasteiger partial charge in [0.1, 0.15) is 5.82 Å². The molecule has 4 nitrogen and oxygen atoms in total. The molecule has 2 aliphatic rings. The van der Waals surface area contributed by atoms with Gasteiger partial charge in [-0.15, -0.1) is 11.8 Å². The molecule has 0 spiro atoms. The maximum absolute atomic E-state index is 12.2. The number of carbonyl (C=O) groups is 1. The van der Waals surface area contributed by atoms with E-state index >= 15 is 0 Å². The first-order valence-electron chi connectivity index (χ1n) is 8.86. The average molecular weight is 341 g/mol. The first-order chi connectivity index (χ1) is 11.8. The van der Waals surface area contributed by atoms with Gasteiger partial charge in [0, 0.05) is 29.5 Å². The minimum Gasteiger partial charge on any atom is -0.328 e. The van der Waals surface area contributed by atoms with Crippen molar-refractivity contribution in [2.45, 2.75) is 50.3 Å². The van der Waals surface area contributed by atoms with Crippen molar-refractivity contribution < 1.29 is 4.79 Å². The Labute approximate surface area is 147 Å². The molecule has 4 rings (SSSR count). The fraction of sp³-hybridized carbons (Fsp3) is 0.474. The van der Waals surface area contributed by atoms with E-state index in [1.54, 1.807) is 11.8 Å². The van der Waals surface area contributed by atoms with Crippen LogP contribution in [0.2, 0.25) is 0 Å². The van der Waals surface area contributed by atoms with Crippen LogP contribution in [0.5, 0.6) is 0 Å². The van der Waals surface area contributed by atoms with E-state index < -0.39 is 0 Å². The second kappa shape index (κ2) is 7.01. The summed E-state index contributed by atoms with van der Waals surface area (Å²) in [4.78, 5) is 16.7. The van der Waals surface area contributed by atoms with Crippen LogP contribution in [0.15, 0.2) is 30.5 Å². The second-order valence-electron chi connectivity index (χ2n) is 6.66. The number of carbonyl (C=O) groups excluding carboxylic acids is 1. The van der Waals surface area contributed by atoms with Crippen molar-refractivity contribution in [2.75, 3.05) is 11.1 Å². The molecule has 0 bridgehead atoms. The highest BCUT2D eigenvalue weighted by atomic mass is 32.2. The lowest BCUT2D eigenvalue weighted by atomic mass is 10.1. The minimum atomic E-state index is 0.0996. The Kier molecular flexibility index (Phi) is 4.60. The second-order valence-corrected chi connectivity index (χ2v) is 7.95. The molecule has 0 atom stereocenters. The number of anilines is 1. The third-order valence-electron chi connectivity index (χ3n) is 4.91. The molecule has 2 aromatic rings. The molecule has 5 heteroatoms. The maximum atomic E-state index is 12.2. The van der Waals surface area contributed by atoms with Crippen LogP contribution in [0.25, 0.3) is 11.3 Å². The van der Waals surface area contributed by atoms with Crippen molar-refractivity contribution >= 4 is 23.4 Å². The van der Waals surface area contributed by atoms with E-state index in [1.807, 2.05) is 18.3 Å². The highest BCUT2D eigenvalue weighted by Crippen LogP contribution is 2.30. The molecule has 2 heterocycles. The topological polar surface area (TPSA) is 46.9 Å². The van der Waals surface area contributed by atoms with Crippen LogP contribution in [0.3, 0.4) is 0 Å². The van der Waals surface area contributed by atoms with E-state index in [2.05, 4.69) is 27.0 Å². The quantitative estimate of drug-likeness (QED) is 0.890. The van der Waals surface area contributed by atoms with Gasteiger partial charge in [0.05, 0.1) is 17.6 Å². The minimum absolute atomic E-state index is 0.0996. The summed E-state index contributed by atoms with van der Waals surface area (Å²) in [5.41, 5.74) is 3.15. The van der Waals surface area contributed by atoms with Gasteiger partial charge in [0.25, 0.3) is 0 Å². The highest BCUT2D eigenvalue weighted by molar-refractivity contribution is 8.00. The van der Waals surface area contributed by atoms with Crippen molar-refractivity contribution in [3.8, 4) is 11.3 Å². The Morgan fingerprint density at radius 2 is 2.17 bits per heavy atom. The van der Waals surface area contributed by atoms with E-state index in [-0.39, 0.29) is 5.91 Å². The van der Waals surface area contributed by atoms with E-state index in [9.17, 15) is 4.79 Å². The SMILES string of the molecule is O=C(CSC1CCCC1)Nc1cccc(-c2cnc3n2CCC3)c1. The van der Waals surface area contributed by atoms with Crippen LogP contribution in [-0.4, -0.2) is 26.5 Å². The summed E-state index contributed by atoms with van der Waals surface area (Å²) >= 11 is 1.80. The van der Waals surface area contributed by atoms with Crippen molar-refractivity contribution in [2.24, 2.45) is 0 Å². The number of nitrogens with one attached hydrogen (secondary N) is 1. The number of rotatable bonds is 5. The predicted molar refractivity (Wildman–Crippen MR) is 99.3 cm³/mol. The van der Waals surface area contributed by atoms with Crippen molar-refractivity contribution in [1.29, 1.82) is 0 Å². The number of benzene rings is 1. The van der Waals surface area contributed by atoms with Crippen LogP contribution in [-0.2, 0) is 17.8 Å². The molecule has 1 aliphatic heterocycles. The van der Waals surface area contributed by atoms with E-state index in [0.29, 0.717) is 11.0 Å². The first kappa shape index (κ1) is 15.8. The summed E-state index contributed by atoms with van der Waals surface area (Å²) in [6, 6.07) is 8.11. The molecule has 1 fully saturated rings. The maximum Gasteiger partial charge on any atom is 0.234 e. The number of hydrogen-bond acceptors (Lipinski definition) is 3. The monoisotopic (exact) mass is 341 g/mol. The Balaban J connectivity index is 1.41. The van der Waals surface area contributed by atoms with Crippen LogP contribution in [0.4, 0.5) is 5.69 Å². The Hall–Kier alpha value is -1.75. The summed E-state index contributed by atoms with van der Waals surface area (Å²) in [6.45, 7) is 1.04. The van der Waals surface area contributed by atoms with E-state index in [0.717, 1.165) is 29.9 Å². The van der Waals surface area contributed by atoms with Gasteiger partial charge < -0.3 is 9.88 Å². The standard InChI is InChI=1S/C19H23N3OS/c23-19(13-24-16-7-1-2-8-16)21-15-6-3-5-14(11-15)17-12-20-18-9-4-10-22(17)18/h3,5-6,11-12,16H,1-2,4,7-10,13H2,(H,21,23). The van der Waals surface area contributed by atoms with Crippen molar-refractivity contribution in [1.82, 2.24) is 9.55 Å². The number of hydrogen-bond donors (Lipinski definition) is 1. The van der Waals surface area contributed by atoms with Gasteiger partial charge in [-0.05, 0) is 31.4 Å². The van der Waals surface area contributed by atoms with Gasteiger partial charge in [-0.25, -0.2) is 4.98 Å². The zero-order valence-electron chi connectivity index (χ0n) is 13.8. The molecule has 1 aromatic heterocycles. The van der Waals surface area contributed by atoms with Gasteiger partial charge in [-0.1, -0.05) is 25.0 Å². The van der Waals surface area contributed by atoms with Gasteiger partial charge in [-0.2, -0.15) is 0 Å². The number of amides is 1.